The van der Waals surface area contributed by atoms with Crippen LogP contribution in [-0.2, 0) is 14.3 Å². The summed E-state index contributed by atoms with van der Waals surface area (Å²) in [5.41, 5.74) is 2.73. The van der Waals surface area contributed by atoms with Crippen LogP contribution in [0.25, 0.3) is 11.1 Å². The second kappa shape index (κ2) is 7.83. The van der Waals surface area contributed by atoms with Crippen molar-refractivity contribution in [2.24, 2.45) is 5.41 Å². The van der Waals surface area contributed by atoms with E-state index in [2.05, 4.69) is 34.9 Å². The van der Waals surface area contributed by atoms with E-state index in [9.17, 15) is 19.5 Å². The van der Waals surface area contributed by atoms with Crippen LogP contribution < -0.4 is 10.6 Å². The van der Waals surface area contributed by atoms with Crippen molar-refractivity contribution in [2.75, 3.05) is 6.61 Å². The molecule has 2 aromatic rings. The van der Waals surface area contributed by atoms with E-state index in [1.54, 1.807) is 0 Å². The molecule has 4 saturated carbocycles. The lowest BCUT2D eigenvalue weighted by molar-refractivity contribution is -0.157. The maximum absolute atomic E-state index is 13.2. The van der Waals surface area contributed by atoms with Gasteiger partial charge in [-0.15, -0.1) is 0 Å². The molecule has 4 fully saturated rings. The predicted molar refractivity (Wildman–Crippen MR) is 129 cm³/mol. The second-order valence-corrected chi connectivity index (χ2v) is 10.9. The molecule has 0 heterocycles. The number of hydrogen-bond donors (Lipinski definition) is 3. The monoisotopic (exact) mass is 474 g/mol. The molecule has 0 atom stereocenters. The van der Waals surface area contributed by atoms with Crippen LogP contribution in [-0.4, -0.2) is 40.8 Å². The highest BCUT2D eigenvalue weighted by Crippen LogP contribution is 2.53. The fourth-order valence-corrected chi connectivity index (χ4v) is 6.42. The predicted octanol–water partition coefficient (Wildman–Crippen LogP) is 4.35. The fourth-order valence-electron chi connectivity index (χ4n) is 6.42. The van der Waals surface area contributed by atoms with Gasteiger partial charge in [0.1, 0.15) is 12.1 Å². The summed E-state index contributed by atoms with van der Waals surface area (Å²) in [5, 5.41) is 15.7. The number of carboxylic acids is 1. The summed E-state index contributed by atoms with van der Waals surface area (Å²) in [6.45, 7) is 0.207. The maximum atomic E-state index is 13.2. The van der Waals surface area contributed by atoms with Gasteiger partial charge in [0.2, 0.25) is 5.91 Å². The molecule has 0 unspecified atom stereocenters. The van der Waals surface area contributed by atoms with Crippen molar-refractivity contribution in [1.82, 2.24) is 10.6 Å². The summed E-state index contributed by atoms with van der Waals surface area (Å²) < 4.78 is 5.66. The zero-order valence-electron chi connectivity index (χ0n) is 19.6. The number of carbonyl (C=O) groups is 3. The molecule has 0 radical (unpaired) electrons. The molecule has 182 valence electrons. The number of aliphatic carboxylic acids is 1. The largest absolute Gasteiger partial charge is 0.481 e. The first-order valence-corrected chi connectivity index (χ1v) is 12.5. The number of ether oxygens (including phenoxy) is 1. The van der Waals surface area contributed by atoms with Crippen molar-refractivity contribution in [3.8, 4) is 11.1 Å². The zero-order valence-corrected chi connectivity index (χ0v) is 19.6. The molecule has 7 rings (SSSR count). The highest BCUT2D eigenvalue weighted by atomic mass is 16.5. The molecule has 0 saturated heterocycles. The third kappa shape index (κ3) is 3.60. The van der Waals surface area contributed by atoms with Gasteiger partial charge in [-0.1, -0.05) is 48.5 Å². The minimum Gasteiger partial charge on any atom is -0.481 e. The SMILES string of the molecule is O=C(NC1(C(=O)NC23CCC(C(=O)O)(CC2)CC3)CC1)OCC1c2ccccc2-c2ccccc21. The molecule has 2 amide bonds. The quantitative estimate of drug-likeness (QED) is 0.577. The number of rotatable bonds is 6. The number of nitrogens with one attached hydrogen (secondary N) is 2. The van der Waals surface area contributed by atoms with Crippen molar-refractivity contribution >= 4 is 18.0 Å². The van der Waals surface area contributed by atoms with E-state index in [4.69, 9.17) is 4.74 Å². The summed E-state index contributed by atoms with van der Waals surface area (Å²) in [6.07, 6.45) is 4.38. The summed E-state index contributed by atoms with van der Waals surface area (Å²) in [7, 11) is 0. The van der Waals surface area contributed by atoms with Crippen molar-refractivity contribution in [3.63, 3.8) is 0 Å². The molecule has 0 aromatic heterocycles. The zero-order chi connectivity index (χ0) is 24.3. The number of carboxylic acid groups (broad SMARTS) is 1. The normalized spacial score (nSPS) is 27.4. The first-order chi connectivity index (χ1) is 16.9. The van der Waals surface area contributed by atoms with Crippen LogP contribution in [0.15, 0.2) is 48.5 Å². The number of benzene rings is 2. The lowest BCUT2D eigenvalue weighted by Gasteiger charge is -2.51. The minimum absolute atomic E-state index is 0.0324. The molecule has 5 aliphatic rings. The standard InChI is InChI=1S/C28H30N2O5/c31-23(29-27-12-9-26(10-13-27,11-14-27)24(32)33)28(15-16-28)30-25(34)35-17-22-20-7-3-1-5-18(20)19-6-2-4-8-21(19)22/h1-8,22H,9-17H2,(H,29,31)(H,30,34)(H,32,33). The Labute approximate surface area is 204 Å². The van der Waals surface area contributed by atoms with E-state index in [0.29, 0.717) is 51.4 Å². The topological polar surface area (TPSA) is 105 Å². The third-order valence-electron chi connectivity index (χ3n) is 8.95. The lowest BCUT2D eigenvalue weighted by Crippen LogP contribution is -2.62. The first kappa shape index (κ1) is 22.1. The average molecular weight is 475 g/mol. The number of alkyl carbamates (subject to hydrolysis) is 1. The smallest absolute Gasteiger partial charge is 0.408 e. The summed E-state index contributed by atoms with van der Waals surface area (Å²) in [4.78, 5) is 37.7. The molecular formula is C28H30N2O5. The Morgan fingerprint density at radius 1 is 0.800 bits per heavy atom. The van der Waals surface area contributed by atoms with Gasteiger partial charge in [-0.2, -0.15) is 0 Å². The number of amides is 2. The first-order valence-electron chi connectivity index (χ1n) is 12.5. The van der Waals surface area contributed by atoms with E-state index >= 15 is 0 Å². The molecule has 7 heteroatoms. The van der Waals surface area contributed by atoms with Gasteiger partial charge in [-0.3, -0.25) is 9.59 Å². The van der Waals surface area contributed by atoms with Crippen LogP contribution in [0.4, 0.5) is 4.79 Å². The molecule has 5 aliphatic carbocycles. The third-order valence-corrected chi connectivity index (χ3v) is 8.95. The van der Waals surface area contributed by atoms with Gasteiger partial charge in [-0.25, -0.2) is 4.79 Å². The highest BCUT2D eigenvalue weighted by molar-refractivity contribution is 5.93. The fraction of sp³-hybridized carbons (Fsp3) is 0.464. The van der Waals surface area contributed by atoms with E-state index in [-0.39, 0.29) is 24.0 Å². The van der Waals surface area contributed by atoms with Crippen LogP contribution in [0.1, 0.15) is 68.4 Å². The van der Waals surface area contributed by atoms with E-state index in [1.807, 2.05) is 24.3 Å². The Balaban J connectivity index is 1.08. The molecule has 3 N–H and O–H groups in total. The minimum atomic E-state index is -0.921. The van der Waals surface area contributed by atoms with Crippen molar-refractivity contribution in [2.45, 2.75) is 68.4 Å². The van der Waals surface area contributed by atoms with Gasteiger partial charge >= 0.3 is 12.1 Å². The Kier molecular flexibility index (Phi) is 4.95. The van der Waals surface area contributed by atoms with Gasteiger partial charge in [0.25, 0.3) is 0 Å². The van der Waals surface area contributed by atoms with Gasteiger partial charge < -0.3 is 20.5 Å². The Hall–Kier alpha value is -3.35. The summed E-state index contributed by atoms with van der Waals surface area (Å²) in [5.74, 6) is -0.918. The lowest BCUT2D eigenvalue weighted by atomic mass is 9.57. The van der Waals surface area contributed by atoms with E-state index in [0.717, 1.165) is 11.1 Å². The molecule has 0 spiro atoms. The maximum Gasteiger partial charge on any atom is 0.408 e. The molecule has 0 aliphatic heterocycles. The van der Waals surface area contributed by atoms with E-state index in [1.165, 1.54) is 11.1 Å². The van der Waals surface area contributed by atoms with Crippen LogP contribution in [0, 0.1) is 5.41 Å². The molecule has 2 bridgehead atoms. The highest BCUT2D eigenvalue weighted by Gasteiger charge is 2.57. The number of fused-ring (bicyclic) bond motifs is 6. The number of carbonyl (C=O) groups excluding carboxylic acids is 2. The average Bonchev–Trinajstić information content (AvgIpc) is 3.59. The van der Waals surface area contributed by atoms with Crippen LogP contribution >= 0.6 is 0 Å². The van der Waals surface area contributed by atoms with Crippen molar-refractivity contribution in [1.29, 1.82) is 0 Å². The van der Waals surface area contributed by atoms with Crippen molar-refractivity contribution < 1.29 is 24.2 Å². The van der Waals surface area contributed by atoms with Gasteiger partial charge in [0.05, 0.1) is 5.41 Å². The van der Waals surface area contributed by atoms with Crippen LogP contribution in [0.3, 0.4) is 0 Å². The van der Waals surface area contributed by atoms with Gasteiger partial charge in [0.15, 0.2) is 0 Å². The Morgan fingerprint density at radius 2 is 1.34 bits per heavy atom. The molecule has 35 heavy (non-hydrogen) atoms. The van der Waals surface area contributed by atoms with Crippen LogP contribution in [0.5, 0.6) is 0 Å². The summed E-state index contributed by atoms with van der Waals surface area (Å²) in [6, 6.07) is 16.4. The summed E-state index contributed by atoms with van der Waals surface area (Å²) >= 11 is 0. The molecule has 7 nitrogen and oxygen atoms in total. The van der Waals surface area contributed by atoms with E-state index < -0.39 is 23.0 Å². The Morgan fingerprint density at radius 3 is 1.86 bits per heavy atom. The second-order valence-electron chi connectivity index (χ2n) is 10.9. The van der Waals surface area contributed by atoms with Gasteiger partial charge in [0, 0.05) is 11.5 Å². The van der Waals surface area contributed by atoms with Gasteiger partial charge in [-0.05, 0) is 73.6 Å². The molecule has 2 aromatic carbocycles. The van der Waals surface area contributed by atoms with Crippen molar-refractivity contribution in [3.05, 3.63) is 59.7 Å². The Bertz CT molecular complexity index is 1150. The van der Waals surface area contributed by atoms with Crippen LogP contribution in [0.2, 0.25) is 0 Å². The number of hydrogen-bond acceptors (Lipinski definition) is 4. The molecular weight excluding hydrogens is 444 g/mol.